The molecule has 0 atom stereocenters. The third-order valence-electron chi connectivity index (χ3n) is 2.77. The minimum atomic E-state index is -0.581. The normalized spacial score (nSPS) is 10.4. The minimum absolute atomic E-state index is 0.0320. The molecule has 0 aromatic heterocycles. The number of benzene rings is 2. The van der Waals surface area contributed by atoms with E-state index >= 15 is 0 Å². The van der Waals surface area contributed by atoms with Crippen LogP contribution in [-0.4, -0.2) is 12.0 Å². The fourth-order valence-electron chi connectivity index (χ4n) is 1.82. The molecule has 0 aliphatic carbocycles. The van der Waals surface area contributed by atoms with E-state index in [1.54, 1.807) is 13.1 Å². The topological polar surface area (TPSA) is 64.4 Å². The van der Waals surface area contributed by atoms with Gasteiger partial charge in [0.05, 0.1) is 4.92 Å². The van der Waals surface area contributed by atoms with Gasteiger partial charge in [0, 0.05) is 29.3 Å². The van der Waals surface area contributed by atoms with Gasteiger partial charge in [-0.3, -0.25) is 10.1 Å². The first-order chi connectivity index (χ1) is 10.0. The molecule has 2 aromatic carbocycles. The number of rotatable bonds is 5. The maximum absolute atomic E-state index is 13.8. The SMILES string of the molecule is CNCc1c(F)cccc1Oc1cc(Cl)ccc1[N+](=O)[O-]. The molecule has 0 bridgehead atoms. The summed E-state index contributed by atoms with van der Waals surface area (Å²) in [5.74, 6) is -0.281. The van der Waals surface area contributed by atoms with Gasteiger partial charge < -0.3 is 10.1 Å². The molecule has 5 nitrogen and oxygen atoms in total. The average molecular weight is 311 g/mol. The molecule has 0 spiro atoms. The van der Waals surface area contributed by atoms with Crippen molar-refractivity contribution in [2.75, 3.05) is 7.05 Å². The molecule has 0 unspecified atom stereocenters. The zero-order chi connectivity index (χ0) is 15.4. The summed E-state index contributed by atoms with van der Waals surface area (Å²) in [5.41, 5.74) is 0.0494. The zero-order valence-corrected chi connectivity index (χ0v) is 11.9. The number of nitrogens with zero attached hydrogens (tertiary/aromatic N) is 1. The molecule has 0 heterocycles. The van der Waals surface area contributed by atoms with Gasteiger partial charge in [0.1, 0.15) is 11.6 Å². The Hall–Kier alpha value is -2.18. The van der Waals surface area contributed by atoms with E-state index in [9.17, 15) is 14.5 Å². The Morgan fingerprint density at radius 3 is 2.76 bits per heavy atom. The molecule has 0 saturated carbocycles. The maximum Gasteiger partial charge on any atom is 0.311 e. The van der Waals surface area contributed by atoms with Gasteiger partial charge in [-0.15, -0.1) is 0 Å². The first-order valence-corrected chi connectivity index (χ1v) is 6.44. The largest absolute Gasteiger partial charge is 0.450 e. The predicted octanol–water partition coefficient (Wildman–Crippen LogP) is 3.90. The fraction of sp³-hybridized carbons (Fsp3) is 0.143. The second kappa shape index (κ2) is 6.51. The van der Waals surface area contributed by atoms with Gasteiger partial charge in [-0.1, -0.05) is 17.7 Å². The van der Waals surface area contributed by atoms with Crippen LogP contribution < -0.4 is 10.1 Å². The van der Waals surface area contributed by atoms with Crippen LogP contribution >= 0.6 is 11.6 Å². The predicted molar refractivity (Wildman–Crippen MR) is 77.3 cm³/mol. The number of nitro groups is 1. The van der Waals surface area contributed by atoms with E-state index in [-0.39, 0.29) is 29.3 Å². The summed E-state index contributed by atoms with van der Waals surface area (Å²) in [6, 6.07) is 8.28. The summed E-state index contributed by atoms with van der Waals surface area (Å²) in [6.45, 7) is 0.233. The van der Waals surface area contributed by atoms with Gasteiger partial charge in [0.2, 0.25) is 5.75 Å². The third-order valence-corrected chi connectivity index (χ3v) is 3.00. The van der Waals surface area contributed by atoms with E-state index in [1.807, 2.05) is 0 Å². The van der Waals surface area contributed by atoms with Crippen molar-refractivity contribution < 1.29 is 14.1 Å². The van der Waals surface area contributed by atoms with Crippen molar-refractivity contribution in [3.05, 3.63) is 62.9 Å². The van der Waals surface area contributed by atoms with Crippen LogP contribution in [0.5, 0.6) is 11.5 Å². The van der Waals surface area contributed by atoms with Crippen molar-refractivity contribution in [3.8, 4) is 11.5 Å². The minimum Gasteiger partial charge on any atom is -0.450 e. The van der Waals surface area contributed by atoms with Crippen molar-refractivity contribution in [2.45, 2.75) is 6.54 Å². The Labute approximate surface area is 125 Å². The summed E-state index contributed by atoms with van der Waals surface area (Å²) in [7, 11) is 1.66. The highest BCUT2D eigenvalue weighted by molar-refractivity contribution is 6.30. The average Bonchev–Trinajstić information content (AvgIpc) is 2.42. The lowest BCUT2D eigenvalue weighted by Crippen LogP contribution is -2.08. The van der Waals surface area contributed by atoms with Crippen LogP contribution in [-0.2, 0) is 6.54 Å². The Morgan fingerprint density at radius 1 is 1.33 bits per heavy atom. The van der Waals surface area contributed by atoms with Crippen molar-refractivity contribution in [1.29, 1.82) is 0 Å². The first-order valence-electron chi connectivity index (χ1n) is 6.06. The van der Waals surface area contributed by atoms with Crippen molar-refractivity contribution in [2.24, 2.45) is 0 Å². The van der Waals surface area contributed by atoms with Crippen LogP contribution in [0.1, 0.15) is 5.56 Å². The van der Waals surface area contributed by atoms with Crippen molar-refractivity contribution in [1.82, 2.24) is 5.32 Å². The summed E-state index contributed by atoms with van der Waals surface area (Å²) in [6.07, 6.45) is 0. The molecule has 1 N–H and O–H groups in total. The molecular formula is C14H12ClFN2O3. The van der Waals surface area contributed by atoms with Crippen LogP contribution in [0.25, 0.3) is 0 Å². The highest BCUT2D eigenvalue weighted by Gasteiger charge is 2.18. The van der Waals surface area contributed by atoms with E-state index in [0.29, 0.717) is 5.02 Å². The van der Waals surface area contributed by atoms with Crippen LogP contribution in [0.15, 0.2) is 36.4 Å². The molecule has 0 saturated heterocycles. The van der Waals surface area contributed by atoms with Crippen LogP contribution in [0.3, 0.4) is 0 Å². The molecule has 21 heavy (non-hydrogen) atoms. The second-order valence-corrected chi connectivity index (χ2v) is 4.65. The summed E-state index contributed by atoms with van der Waals surface area (Å²) < 4.78 is 19.3. The monoisotopic (exact) mass is 310 g/mol. The molecule has 0 aliphatic rings. The van der Waals surface area contributed by atoms with Gasteiger partial charge >= 0.3 is 5.69 Å². The van der Waals surface area contributed by atoms with Gasteiger partial charge in [-0.05, 0) is 25.2 Å². The molecule has 0 radical (unpaired) electrons. The highest BCUT2D eigenvalue weighted by Crippen LogP contribution is 2.35. The van der Waals surface area contributed by atoms with Gasteiger partial charge in [-0.25, -0.2) is 4.39 Å². The van der Waals surface area contributed by atoms with E-state index in [1.165, 1.54) is 30.3 Å². The number of ether oxygens (including phenoxy) is 1. The Morgan fingerprint density at radius 2 is 2.10 bits per heavy atom. The van der Waals surface area contributed by atoms with E-state index < -0.39 is 10.7 Å². The molecule has 0 aliphatic heterocycles. The molecule has 0 amide bonds. The standard InChI is InChI=1S/C14H12ClFN2O3/c1-17-8-10-11(16)3-2-4-13(10)21-14-7-9(15)5-6-12(14)18(19)20/h2-7,17H,8H2,1H3. The summed E-state index contributed by atoms with van der Waals surface area (Å²) >= 11 is 5.83. The summed E-state index contributed by atoms with van der Waals surface area (Å²) in [5, 5.41) is 14.1. The van der Waals surface area contributed by atoms with Gasteiger partial charge in [-0.2, -0.15) is 0 Å². The molecule has 2 rings (SSSR count). The number of halogens is 2. The van der Waals surface area contributed by atoms with Crippen LogP contribution in [0, 0.1) is 15.9 Å². The lowest BCUT2D eigenvalue weighted by molar-refractivity contribution is -0.385. The maximum atomic E-state index is 13.8. The first kappa shape index (κ1) is 15.2. The lowest BCUT2D eigenvalue weighted by Gasteiger charge is -2.12. The number of hydrogen-bond donors (Lipinski definition) is 1. The number of nitro benzene ring substituents is 1. The molecule has 2 aromatic rings. The lowest BCUT2D eigenvalue weighted by atomic mass is 10.2. The molecule has 7 heteroatoms. The van der Waals surface area contributed by atoms with Crippen LogP contribution in [0.4, 0.5) is 10.1 Å². The summed E-state index contributed by atoms with van der Waals surface area (Å²) in [4.78, 5) is 10.4. The quantitative estimate of drug-likeness (QED) is 0.672. The van der Waals surface area contributed by atoms with E-state index in [2.05, 4.69) is 5.32 Å². The zero-order valence-electron chi connectivity index (χ0n) is 11.1. The smallest absolute Gasteiger partial charge is 0.311 e. The fourth-order valence-corrected chi connectivity index (χ4v) is 1.98. The highest BCUT2D eigenvalue weighted by atomic mass is 35.5. The Kier molecular flexibility index (Phi) is 4.72. The molecular weight excluding hydrogens is 299 g/mol. The Bertz CT molecular complexity index is 679. The third kappa shape index (κ3) is 3.48. The molecule has 110 valence electrons. The van der Waals surface area contributed by atoms with E-state index in [0.717, 1.165) is 0 Å². The van der Waals surface area contributed by atoms with Gasteiger partial charge in [0.25, 0.3) is 0 Å². The Balaban J connectivity index is 2.45. The van der Waals surface area contributed by atoms with Crippen LogP contribution in [0.2, 0.25) is 5.02 Å². The molecule has 0 fully saturated rings. The second-order valence-electron chi connectivity index (χ2n) is 4.22. The number of hydrogen-bond acceptors (Lipinski definition) is 4. The number of nitrogens with one attached hydrogen (secondary N) is 1. The van der Waals surface area contributed by atoms with E-state index in [4.69, 9.17) is 16.3 Å². The van der Waals surface area contributed by atoms with Crippen molar-refractivity contribution in [3.63, 3.8) is 0 Å². The van der Waals surface area contributed by atoms with Crippen molar-refractivity contribution >= 4 is 17.3 Å². The van der Waals surface area contributed by atoms with Gasteiger partial charge in [0.15, 0.2) is 0 Å².